The van der Waals surface area contributed by atoms with Gasteiger partial charge < -0.3 is 19.7 Å². The van der Waals surface area contributed by atoms with Crippen LogP contribution in [-0.2, 0) is 9.47 Å². The SMILES string of the molecule is CCCCO[C@]1(O)C(=O)c2ccccc2C(=O)[C@@]1(O)OCCCC. The summed E-state index contributed by atoms with van der Waals surface area (Å²) < 4.78 is 10.6. The maximum atomic E-state index is 12.8. The van der Waals surface area contributed by atoms with Crippen molar-refractivity contribution in [3.8, 4) is 0 Å². The summed E-state index contributed by atoms with van der Waals surface area (Å²) in [6.07, 6.45) is 2.67. The van der Waals surface area contributed by atoms with Gasteiger partial charge in [-0.3, -0.25) is 9.59 Å². The average Bonchev–Trinajstić information content (AvgIpc) is 2.59. The van der Waals surface area contributed by atoms with Gasteiger partial charge in [-0.1, -0.05) is 51.0 Å². The lowest BCUT2D eigenvalue weighted by Gasteiger charge is -2.43. The lowest BCUT2D eigenvalue weighted by atomic mass is 9.80. The fourth-order valence-electron chi connectivity index (χ4n) is 2.61. The van der Waals surface area contributed by atoms with Gasteiger partial charge in [0.25, 0.3) is 11.6 Å². The van der Waals surface area contributed by atoms with Crippen molar-refractivity contribution < 1.29 is 29.3 Å². The number of carbonyl (C=O) groups excluding carboxylic acids is 2. The van der Waals surface area contributed by atoms with Crippen LogP contribution in [0.25, 0.3) is 0 Å². The molecule has 1 aliphatic carbocycles. The van der Waals surface area contributed by atoms with Crippen molar-refractivity contribution in [2.75, 3.05) is 13.2 Å². The Morgan fingerprint density at radius 1 is 0.833 bits per heavy atom. The first-order chi connectivity index (χ1) is 11.4. The number of Topliss-reactive ketones (excluding diaryl/α,β-unsaturated/α-hetero) is 2. The second kappa shape index (κ2) is 7.53. The first-order valence-corrected chi connectivity index (χ1v) is 8.33. The maximum Gasteiger partial charge on any atom is 0.295 e. The molecule has 0 fully saturated rings. The first kappa shape index (κ1) is 18.7. The average molecular weight is 336 g/mol. The van der Waals surface area contributed by atoms with E-state index >= 15 is 0 Å². The van der Waals surface area contributed by atoms with E-state index in [2.05, 4.69) is 0 Å². The highest BCUT2D eigenvalue weighted by Gasteiger charge is 2.66. The summed E-state index contributed by atoms with van der Waals surface area (Å²) in [5.41, 5.74) is 0.0375. The Morgan fingerprint density at radius 3 is 1.54 bits per heavy atom. The van der Waals surface area contributed by atoms with E-state index in [0.717, 1.165) is 12.8 Å². The standard InChI is InChI=1S/C18H24O6/c1-3-5-11-23-17(21)15(19)13-9-7-8-10-14(13)16(20)18(17,22)24-12-6-4-2/h7-10,21-22H,3-6,11-12H2,1-2H3/t17-,18-/m1/s1. The number of carbonyl (C=O) groups is 2. The molecule has 6 heteroatoms. The molecular formula is C18H24O6. The van der Waals surface area contributed by atoms with E-state index in [-0.39, 0.29) is 24.3 Å². The smallest absolute Gasteiger partial charge is 0.295 e. The molecule has 0 bridgehead atoms. The van der Waals surface area contributed by atoms with E-state index < -0.39 is 23.1 Å². The van der Waals surface area contributed by atoms with Crippen LogP contribution in [0.1, 0.15) is 60.2 Å². The molecule has 0 radical (unpaired) electrons. The molecule has 0 aromatic heterocycles. The third kappa shape index (κ3) is 3.02. The molecule has 132 valence electrons. The second-order valence-electron chi connectivity index (χ2n) is 5.90. The van der Waals surface area contributed by atoms with Crippen molar-refractivity contribution in [3.63, 3.8) is 0 Å². The summed E-state index contributed by atoms with van der Waals surface area (Å²) in [5, 5.41) is 21.7. The van der Waals surface area contributed by atoms with Gasteiger partial charge in [0.2, 0.25) is 11.6 Å². The lowest BCUT2D eigenvalue weighted by molar-refractivity contribution is -0.333. The first-order valence-electron chi connectivity index (χ1n) is 8.33. The van der Waals surface area contributed by atoms with E-state index in [1.165, 1.54) is 12.1 Å². The van der Waals surface area contributed by atoms with Gasteiger partial charge in [0, 0.05) is 11.1 Å². The van der Waals surface area contributed by atoms with Gasteiger partial charge in [0.1, 0.15) is 0 Å². The van der Waals surface area contributed by atoms with Crippen LogP contribution >= 0.6 is 0 Å². The summed E-state index contributed by atoms with van der Waals surface area (Å²) in [6, 6.07) is 6.02. The molecule has 0 amide bonds. The van der Waals surface area contributed by atoms with Crippen LogP contribution < -0.4 is 0 Å². The maximum absolute atomic E-state index is 12.8. The van der Waals surface area contributed by atoms with E-state index in [0.29, 0.717) is 12.8 Å². The minimum Gasteiger partial charge on any atom is -0.355 e. The quantitative estimate of drug-likeness (QED) is 0.558. The van der Waals surface area contributed by atoms with Gasteiger partial charge in [0.15, 0.2) is 0 Å². The van der Waals surface area contributed by atoms with Crippen LogP contribution in [0.3, 0.4) is 0 Å². The monoisotopic (exact) mass is 336 g/mol. The van der Waals surface area contributed by atoms with Crippen LogP contribution in [0, 0.1) is 0 Å². The summed E-state index contributed by atoms with van der Waals surface area (Å²) in [4.78, 5) is 25.5. The highest BCUT2D eigenvalue weighted by molar-refractivity contribution is 6.20. The Hall–Kier alpha value is -1.60. The molecule has 0 saturated heterocycles. The van der Waals surface area contributed by atoms with Crippen molar-refractivity contribution >= 4 is 11.6 Å². The Bertz CT molecular complexity index is 560. The number of ketones is 2. The highest BCUT2D eigenvalue weighted by atomic mass is 16.7. The molecule has 1 aromatic carbocycles. The molecular weight excluding hydrogens is 312 g/mol. The molecule has 0 saturated carbocycles. The summed E-state index contributed by atoms with van der Waals surface area (Å²) >= 11 is 0. The zero-order chi connectivity index (χ0) is 17.8. The number of unbranched alkanes of at least 4 members (excludes halogenated alkanes) is 2. The summed E-state index contributed by atoms with van der Waals surface area (Å²) in [7, 11) is 0. The van der Waals surface area contributed by atoms with Gasteiger partial charge in [-0.15, -0.1) is 0 Å². The van der Waals surface area contributed by atoms with Gasteiger partial charge in [-0.25, -0.2) is 0 Å². The number of benzene rings is 1. The van der Waals surface area contributed by atoms with E-state index in [4.69, 9.17) is 9.47 Å². The molecule has 0 unspecified atom stereocenters. The molecule has 2 rings (SSSR count). The van der Waals surface area contributed by atoms with E-state index in [1.54, 1.807) is 12.1 Å². The molecule has 2 atom stereocenters. The van der Waals surface area contributed by atoms with Crippen LogP contribution in [0.2, 0.25) is 0 Å². The fourth-order valence-corrected chi connectivity index (χ4v) is 2.61. The molecule has 0 heterocycles. The topological polar surface area (TPSA) is 93.1 Å². The number of ether oxygens (including phenoxy) is 2. The van der Waals surface area contributed by atoms with Gasteiger partial charge in [-0.05, 0) is 12.8 Å². The van der Waals surface area contributed by atoms with Gasteiger partial charge in [-0.2, -0.15) is 0 Å². The Balaban J connectivity index is 2.46. The van der Waals surface area contributed by atoms with Crippen LogP contribution in [0.15, 0.2) is 24.3 Å². The van der Waals surface area contributed by atoms with E-state index in [9.17, 15) is 19.8 Å². The highest BCUT2D eigenvalue weighted by Crippen LogP contribution is 2.38. The second-order valence-corrected chi connectivity index (χ2v) is 5.90. The number of aliphatic hydroxyl groups is 2. The van der Waals surface area contributed by atoms with Crippen LogP contribution in [0.5, 0.6) is 0 Å². The normalized spacial score (nSPS) is 26.5. The van der Waals surface area contributed by atoms with Gasteiger partial charge >= 0.3 is 0 Å². The molecule has 0 aliphatic heterocycles. The predicted molar refractivity (Wildman–Crippen MR) is 86.7 cm³/mol. The largest absolute Gasteiger partial charge is 0.355 e. The van der Waals surface area contributed by atoms with Crippen molar-refractivity contribution in [1.29, 1.82) is 0 Å². The molecule has 1 aliphatic rings. The zero-order valence-electron chi connectivity index (χ0n) is 14.1. The molecule has 2 N–H and O–H groups in total. The Morgan fingerprint density at radius 2 is 1.21 bits per heavy atom. The predicted octanol–water partition coefficient (Wildman–Crippen LogP) is 2.08. The fraction of sp³-hybridized carbons (Fsp3) is 0.556. The Labute approximate surface area is 141 Å². The Kier molecular flexibility index (Phi) is 5.87. The molecule has 6 nitrogen and oxygen atoms in total. The number of hydrogen-bond acceptors (Lipinski definition) is 6. The van der Waals surface area contributed by atoms with Crippen molar-refractivity contribution in [2.45, 2.75) is 51.1 Å². The summed E-state index contributed by atoms with van der Waals surface area (Å²) in [6.45, 7) is 3.88. The number of rotatable bonds is 8. The van der Waals surface area contributed by atoms with Crippen LogP contribution in [0.4, 0.5) is 0 Å². The van der Waals surface area contributed by atoms with Crippen molar-refractivity contribution in [3.05, 3.63) is 35.4 Å². The lowest BCUT2D eigenvalue weighted by Crippen LogP contribution is -2.69. The third-order valence-electron chi connectivity index (χ3n) is 4.11. The van der Waals surface area contributed by atoms with Gasteiger partial charge in [0.05, 0.1) is 13.2 Å². The number of hydrogen-bond donors (Lipinski definition) is 2. The minimum atomic E-state index is -2.75. The van der Waals surface area contributed by atoms with E-state index in [1.807, 2.05) is 13.8 Å². The van der Waals surface area contributed by atoms with Crippen LogP contribution in [-0.4, -0.2) is 46.6 Å². The third-order valence-corrected chi connectivity index (χ3v) is 4.11. The zero-order valence-corrected chi connectivity index (χ0v) is 14.1. The number of fused-ring (bicyclic) bond motifs is 1. The molecule has 0 spiro atoms. The van der Waals surface area contributed by atoms with Crippen molar-refractivity contribution in [1.82, 2.24) is 0 Å². The molecule has 1 aromatic rings. The van der Waals surface area contributed by atoms with Crippen molar-refractivity contribution in [2.24, 2.45) is 0 Å². The summed E-state index contributed by atoms with van der Waals surface area (Å²) in [5.74, 6) is -7.23. The minimum absolute atomic E-state index is 0.0188. The molecule has 24 heavy (non-hydrogen) atoms.